The topological polar surface area (TPSA) is 58.7 Å². The molecular formula is C29H37Cl2FN2O2. The molecule has 0 saturated carbocycles. The average molecular weight is 536 g/mol. The Bertz CT molecular complexity index is 1060. The first-order valence-corrected chi connectivity index (χ1v) is 12.1. The number of hydrogen-bond acceptors (Lipinski definition) is 4. The SMILES string of the molecule is Cc1cc(C)c(OCC(O)CN2CCC(c3ccc(Cc4ccc(F)cc4)cc3)CC2)c(N)c1.Cl.Cl. The number of β-amino-alcohol motifs (C(OH)–C–C–N with tert-alkyl or cyclic N) is 1. The highest BCUT2D eigenvalue weighted by atomic mass is 35.5. The van der Waals surface area contributed by atoms with E-state index >= 15 is 0 Å². The molecule has 4 rings (SSSR count). The number of anilines is 1. The number of benzene rings is 3. The molecule has 7 heteroatoms. The van der Waals surface area contributed by atoms with Crippen molar-refractivity contribution in [2.24, 2.45) is 0 Å². The minimum absolute atomic E-state index is 0. The molecule has 3 aromatic carbocycles. The van der Waals surface area contributed by atoms with Gasteiger partial charge in [0.25, 0.3) is 0 Å². The van der Waals surface area contributed by atoms with Crippen LogP contribution in [0.25, 0.3) is 0 Å². The summed E-state index contributed by atoms with van der Waals surface area (Å²) in [5, 5.41) is 10.5. The van der Waals surface area contributed by atoms with Crippen LogP contribution in [0, 0.1) is 19.7 Å². The Morgan fingerprint density at radius 2 is 1.56 bits per heavy atom. The maximum atomic E-state index is 13.1. The van der Waals surface area contributed by atoms with Crippen LogP contribution in [0.2, 0.25) is 0 Å². The largest absolute Gasteiger partial charge is 0.488 e. The molecule has 1 heterocycles. The van der Waals surface area contributed by atoms with E-state index in [9.17, 15) is 9.50 Å². The molecule has 0 aliphatic carbocycles. The Balaban J connectivity index is 0.00000228. The molecule has 0 amide bonds. The third-order valence-corrected chi connectivity index (χ3v) is 6.70. The van der Waals surface area contributed by atoms with Gasteiger partial charge in [-0.05, 0) is 98.1 Å². The zero-order chi connectivity index (χ0) is 24.1. The summed E-state index contributed by atoms with van der Waals surface area (Å²) in [6.07, 6.45) is 2.42. The van der Waals surface area contributed by atoms with E-state index in [1.165, 1.54) is 23.3 Å². The predicted octanol–water partition coefficient (Wildman–Crippen LogP) is 6.08. The minimum atomic E-state index is -0.553. The average Bonchev–Trinajstić information content (AvgIpc) is 2.81. The second-order valence-corrected chi connectivity index (χ2v) is 9.58. The summed E-state index contributed by atoms with van der Waals surface area (Å²) in [6, 6.07) is 19.5. The molecule has 0 spiro atoms. The third kappa shape index (κ3) is 8.10. The first-order chi connectivity index (χ1) is 16.4. The van der Waals surface area contributed by atoms with E-state index in [2.05, 4.69) is 29.2 Å². The van der Waals surface area contributed by atoms with Crippen molar-refractivity contribution in [3.63, 3.8) is 0 Å². The number of aryl methyl sites for hydroxylation is 2. The summed E-state index contributed by atoms with van der Waals surface area (Å²) < 4.78 is 19.0. The standard InChI is InChI=1S/C29H35FN2O2.2ClH/c1-20-15-21(2)29(28(31)16-20)34-19-27(33)18-32-13-11-25(12-14-32)24-7-3-22(4-8-24)17-23-5-9-26(30)10-6-23;;/h3-10,15-16,25,27,33H,11-14,17-19,31H2,1-2H3;2*1H. The molecule has 3 aromatic rings. The zero-order valence-electron chi connectivity index (χ0n) is 21.0. The van der Waals surface area contributed by atoms with E-state index in [-0.39, 0.29) is 37.2 Å². The van der Waals surface area contributed by atoms with Gasteiger partial charge in [-0.15, -0.1) is 24.8 Å². The highest BCUT2D eigenvalue weighted by Crippen LogP contribution is 2.30. The van der Waals surface area contributed by atoms with E-state index in [0.29, 0.717) is 23.9 Å². The summed E-state index contributed by atoms with van der Waals surface area (Å²) in [5.74, 6) is 1.02. The zero-order valence-corrected chi connectivity index (χ0v) is 22.6. The highest BCUT2D eigenvalue weighted by Gasteiger charge is 2.22. The molecular weight excluding hydrogens is 498 g/mol. The van der Waals surface area contributed by atoms with E-state index in [1.807, 2.05) is 38.1 Å². The first kappa shape index (κ1) is 29.9. The van der Waals surface area contributed by atoms with Crippen molar-refractivity contribution in [1.29, 1.82) is 0 Å². The monoisotopic (exact) mass is 534 g/mol. The van der Waals surface area contributed by atoms with Crippen LogP contribution in [0.1, 0.15) is 46.6 Å². The van der Waals surface area contributed by atoms with Crippen molar-refractivity contribution in [3.8, 4) is 5.75 Å². The Kier molecular flexibility index (Phi) is 11.5. The minimum Gasteiger partial charge on any atom is -0.488 e. The van der Waals surface area contributed by atoms with Crippen LogP contribution in [-0.4, -0.2) is 42.4 Å². The molecule has 196 valence electrons. The lowest BCUT2D eigenvalue weighted by Gasteiger charge is -2.33. The van der Waals surface area contributed by atoms with Crippen LogP contribution in [-0.2, 0) is 6.42 Å². The molecule has 1 unspecified atom stereocenters. The van der Waals surface area contributed by atoms with Crippen LogP contribution in [0.4, 0.5) is 10.1 Å². The fourth-order valence-corrected chi connectivity index (χ4v) is 4.91. The van der Waals surface area contributed by atoms with Gasteiger partial charge in [0.05, 0.1) is 5.69 Å². The normalized spacial score (nSPS) is 15.0. The van der Waals surface area contributed by atoms with Gasteiger partial charge in [-0.3, -0.25) is 0 Å². The lowest BCUT2D eigenvalue weighted by atomic mass is 9.88. The molecule has 0 aromatic heterocycles. The summed E-state index contributed by atoms with van der Waals surface area (Å²) in [7, 11) is 0. The van der Waals surface area contributed by atoms with Gasteiger partial charge in [-0.25, -0.2) is 4.39 Å². The number of halogens is 3. The number of hydrogen-bond donors (Lipinski definition) is 2. The molecule has 4 nitrogen and oxygen atoms in total. The van der Waals surface area contributed by atoms with E-state index in [0.717, 1.165) is 49.0 Å². The third-order valence-electron chi connectivity index (χ3n) is 6.70. The van der Waals surface area contributed by atoms with Crippen LogP contribution < -0.4 is 10.5 Å². The van der Waals surface area contributed by atoms with Crippen molar-refractivity contribution in [3.05, 3.63) is 94.3 Å². The Labute approximate surface area is 226 Å². The fraction of sp³-hybridized carbons (Fsp3) is 0.379. The lowest BCUT2D eigenvalue weighted by molar-refractivity contribution is 0.0595. The number of aliphatic hydroxyl groups excluding tert-OH is 1. The van der Waals surface area contributed by atoms with Gasteiger partial charge in [0.15, 0.2) is 0 Å². The molecule has 0 radical (unpaired) electrons. The Hall–Kier alpha value is -2.31. The van der Waals surface area contributed by atoms with Crippen LogP contribution in [0.5, 0.6) is 5.75 Å². The smallest absolute Gasteiger partial charge is 0.145 e. The molecule has 0 bridgehead atoms. The predicted molar refractivity (Wildman–Crippen MR) is 150 cm³/mol. The van der Waals surface area contributed by atoms with Crippen molar-refractivity contribution in [2.45, 2.75) is 45.1 Å². The number of nitrogens with zero attached hydrogens (tertiary/aromatic N) is 1. The van der Waals surface area contributed by atoms with Crippen LogP contribution in [0.3, 0.4) is 0 Å². The number of nitrogen functional groups attached to an aromatic ring is 1. The number of likely N-dealkylation sites (tertiary alicyclic amines) is 1. The number of piperidine rings is 1. The van der Waals surface area contributed by atoms with Gasteiger partial charge >= 0.3 is 0 Å². The molecule has 1 aliphatic heterocycles. The number of rotatable bonds is 8. The summed E-state index contributed by atoms with van der Waals surface area (Å²) in [4.78, 5) is 2.32. The molecule has 36 heavy (non-hydrogen) atoms. The maximum absolute atomic E-state index is 13.1. The van der Waals surface area contributed by atoms with Gasteiger partial charge < -0.3 is 20.5 Å². The van der Waals surface area contributed by atoms with Crippen LogP contribution in [0.15, 0.2) is 60.7 Å². The molecule has 1 aliphatic rings. The van der Waals surface area contributed by atoms with Gasteiger partial charge in [-0.1, -0.05) is 42.5 Å². The van der Waals surface area contributed by atoms with Crippen LogP contribution >= 0.6 is 24.8 Å². The fourth-order valence-electron chi connectivity index (χ4n) is 4.91. The van der Waals surface area contributed by atoms with Gasteiger partial charge in [0.1, 0.15) is 24.3 Å². The van der Waals surface area contributed by atoms with Crippen molar-refractivity contribution in [1.82, 2.24) is 4.90 Å². The van der Waals surface area contributed by atoms with E-state index in [4.69, 9.17) is 10.5 Å². The maximum Gasteiger partial charge on any atom is 0.145 e. The highest BCUT2D eigenvalue weighted by molar-refractivity contribution is 5.85. The summed E-state index contributed by atoms with van der Waals surface area (Å²) in [5.41, 5.74) is 12.5. The molecule has 1 fully saturated rings. The quantitative estimate of drug-likeness (QED) is 0.344. The molecule has 1 saturated heterocycles. The van der Waals surface area contributed by atoms with Crippen molar-refractivity contribution < 1.29 is 14.2 Å². The second kappa shape index (κ2) is 13.8. The van der Waals surface area contributed by atoms with Crippen molar-refractivity contribution in [2.75, 3.05) is 32.0 Å². The van der Waals surface area contributed by atoms with E-state index < -0.39 is 6.10 Å². The number of aliphatic hydroxyl groups is 1. The Morgan fingerprint density at radius 1 is 0.972 bits per heavy atom. The van der Waals surface area contributed by atoms with Gasteiger partial charge in [0.2, 0.25) is 0 Å². The van der Waals surface area contributed by atoms with E-state index in [1.54, 1.807) is 0 Å². The summed E-state index contributed by atoms with van der Waals surface area (Å²) >= 11 is 0. The lowest BCUT2D eigenvalue weighted by Crippen LogP contribution is -2.40. The summed E-state index contributed by atoms with van der Waals surface area (Å²) in [6.45, 7) is 6.76. The van der Waals surface area contributed by atoms with Gasteiger partial charge in [0, 0.05) is 6.54 Å². The number of ether oxygens (including phenoxy) is 1. The first-order valence-electron chi connectivity index (χ1n) is 12.1. The molecule has 1 atom stereocenters. The Morgan fingerprint density at radius 3 is 2.14 bits per heavy atom. The number of nitrogens with two attached hydrogens (primary N) is 1. The molecule has 3 N–H and O–H groups in total. The second-order valence-electron chi connectivity index (χ2n) is 9.58. The van der Waals surface area contributed by atoms with Crippen molar-refractivity contribution >= 4 is 30.5 Å². The van der Waals surface area contributed by atoms with Gasteiger partial charge in [-0.2, -0.15) is 0 Å².